The molecule has 1 heterocycles. The van der Waals surface area contributed by atoms with E-state index in [0.29, 0.717) is 11.8 Å². The molecular weight excluding hydrogens is 308 g/mol. The van der Waals surface area contributed by atoms with E-state index in [1.54, 1.807) is 0 Å². The van der Waals surface area contributed by atoms with E-state index in [1.165, 1.54) is 5.56 Å². The highest BCUT2D eigenvalue weighted by Crippen LogP contribution is 2.43. The van der Waals surface area contributed by atoms with Gasteiger partial charge in [-0.2, -0.15) is 0 Å². The summed E-state index contributed by atoms with van der Waals surface area (Å²) in [5, 5.41) is 0. The Morgan fingerprint density at radius 2 is 1.74 bits per heavy atom. The molecular formula is C19H29ClN2O. The average Bonchev–Trinajstić information content (AvgIpc) is 3.06. The standard InChI is InChI=1S/C19H28N2O.ClH/c1-15(20)16-9-13-21(14-10-16)18(22)19(11-5-6-12-19)17-7-3-2-4-8-17;/h2-4,7-8,15-16H,5-6,9-14,20H2,1H3;1H. The van der Waals surface area contributed by atoms with Gasteiger partial charge in [0.05, 0.1) is 5.41 Å². The second-order valence-electron chi connectivity index (χ2n) is 7.14. The van der Waals surface area contributed by atoms with E-state index in [-0.39, 0.29) is 23.9 Å². The van der Waals surface area contributed by atoms with Gasteiger partial charge in [-0.05, 0) is 44.1 Å². The monoisotopic (exact) mass is 336 g/mol. The third-order valence-electron chi connectivity index (χ3n) is 5.76. The quantitative estimate of drug-likeness (QED) is 0.918. The summed E-state index contributed by atoms with van der Waals surface area (Å²) in [6.07, 6.45) is 6.43. The number of carbonyl (C=O) groups is 1. The van der Waals surface area contributed by atoms with Gasteiger partial charge in [0, 0.05) is 19.1 Å². The average molecular weight is 337 g/mol. The first-order valence-electron chi connectivity index (χ1n) is 8.74. The van der Waals surface area contributed by atoms with E-state index in [2.05, 4.69) is 36.1 Å². The zero-order valence-electron chi connectivity index (χ0n) is 14.0. The molecule has 1 aromatic carbocycles. The minimum absolute atomic E-state index is 0. The summed E-state index contributed by atoms with van der Waals surface area (Å²) in [5.41, 5.74) is 6.98. The molecule has 2 aliphatic rings. The normalized spacial score (nSPS) is 22.4. The number of halogens is 1. The van der Waals surface area contributed by atoms with Crippen molar-refractivity contribution in [3.8, 4) is 0 Å². The van der Waals surface area contributed by atoms with Crippen LogP contribution in [0.2, 0.25) is 0 Å². The van der Waals surface area contributed by atoms with Crippen molar-refractivity contribution >= 4 is 18.3 Å². The minimum atomic E-state index is -0.261. The first-order valence-corrected chi connectivity index (χ1v) is 8.74. The Bertz CT molecular complexity index is 503. The highest BCUT2D eigenvalue weighted by Gasteiger charge is 2.45. The number of rotatable bonds is 3. The van der Waals surface area contributed by atoms with Gasteiger partial charge in [0.15, 0.2) is 0 Å². The molecule has 128 valence electrons. The van der Waals surface area contributed by atoms with Crippen LogP contribution in [0.3, 0.4) is 0 Å². The molecule has 3 rings (SSSR count). The number of benzene rings is 1. The zero-order valence-corrected chi connectivity index (χ0v) is 14.9. The van der Waals surface area contributed by atoms with E-state index in [1.807, 2.05) is 6.07 Å². The van der Waals surface area contributed by atoms with Crippen molar-refractivity contribution < 1.29 is 4.79 Å². The van der Waals surface area contributed by atoms with Crippen molar-refractivity contribution in [3.05, 3.63) is 35.9 Å². The van der Waals surface area contributed by atoms with Crippen LogP contribution in [-0.2, 0) is 10.2 Å². The summed E-state index contributed by atoms with van der Waals surface area (Å²) in [6, 6.07) is 10.7. The number of carbonyl (C=O) groups excluding carboxylic acids is 1. The molecule has 1 unspecified atom stereocenters. The van der Waals surface area contributed by atoms with Gasteiger partial charge in [-0.1, -0.05) is 43.2 Å². The summed E-state index contributed by atoms with van der Waals surface area (Å²) in [7, 11) is 0. The molecule has 0 bridgehead atoms. The number of nitrogens with zero attached hydrogens (tertiary/aromatic N) is 1. The smallest absolute Gasteiger partial charge is 0.233 e. The van der Waals surface area contributed by atoms with Crippen LogP contribution in [0.25, 0.3) is 0 Å². The van der Waals surface area contributed by atoms with Crippen LogP contribution in [-0.4, -0.2) is 29.9 Å². The molecule has 1 atom stereocenters. The van der Waals surface area contributed by atoms with E-state index < -0.39 is 0 Å². The van der Waals surface area contributed by atoms with Crippen LogP contribution in [0.4, 0.5) is 0 Å². The summed E-state index contributed by atoms with van der Waals surface area (Å²) in [5.74, 6) is 0.930. The third-order valence-corrected chi connectivity index (χ3v) is 5.76. The van der Waals surface area contributed by atoms with Gasteiger partial charge in [0.1, 0.15) is 0 Å². The van der Waals surface area contributed by atoms with E-state index in [0.717, 1.165) is 51.6 Å². The Morgan fingerprint density at radius 1 is 1.17 bits per heavy atom. The molecule has 4 heteroatoms. The van der Waals surface area contributed by atoms with Crippen LogP contribution in [0.5, 0.6) is 0 Å². The van der Waals surface area contributed by atoms with Crippen LogP contribution < -0.4 is 5.73 Å². The molecule has 0 spiro atoms. The van der Waals surface area contributed by atoms with Crippen molar-refractivity contribution in [2.45, 2.75) is 56.9 Å². The van der Waals surface area contributed by atoms with Crippen molar-refractivity contribution in [2.24, 2.45) is 11.7 Å². The molecule has 3 nitrogen and oxygen atoms in total. The lowest BCUT2D eigenvalue weighted by atomic mass is 9.77. The highest BCUT2D eigenvalue weighted by atomic mass is 35.5. The maximum atomic E-state index is 13.3. The van der Waals surface area contributed by atoms with Crippen molar-refractivity contribution in [1.82, 2.24) is 4.90 Å². The molecule has 1 amide bonds. The lowest BCUT2D eigenvalue weighted by molar-refractivity contribution is -0.138. The molecule has 0 radical (unpaired) electrons. The van der Waals surface area contributed by atoms with E-state index >= 15 is 0 Å². The summed E-state index contributed by atoms with van der Waals surface area (Å²) in [4.78, 5) is 15.4. The molecule has 1 saturated heterocycles. The number of likely N-dealkylation sites (tertiary alicyclic amines) is 1. The molecule has 0 aromatic heterocycles. The second kappa shape index (κ2) is 7.67. The summed E-state index contributed by atoms with van der Waals surface area (Å²) >= 11 is 0. The van der Waals surface area contributed by atoms with Crippen LogP contribution in [0, 0.1) is 5.92 Å². The molecule has 1 aromatic rings. The number of amides is 1. The molecule has 2 N–H and O–H groups in total. The van der Waals surface area contributed by atoms with Crippen LogP contribution >= 0.6 is 12.4 Å². The van der Waals surface area contributed by atoms with Gasteiger partial charge in [-0.3, -0.25) is 4.79 Å². The number of piperidine rings is 1. The first-order chi connectivity index (χ1) is 10.6. The second-order valence-corrected chi connectivity index (χ2v) is 7.14. The Kier molecular flexibility index (Phi) is 6.10. The third kappa shape index (κ3) is 3.56. The SMILES string of the molecule is CC(N)C1CCN(C(=O)C2(c3ccccc3)CCCC2)CC1.Cl. The van der Waals surface area contributed by atoms with Gasteiger partial charge in [-0.25, -0.2) is 0 Å². The first kappa shape index (κ1) is 18.3. The van der Waals surface area contributed by atoms with Crippen molar-refractivity contribution in [1.29, 1.82) is 0 Å². The zero-order chi connectivity index (χ0) is 15.6. The predicted octanol–water partition coefficient (Wildman–Crippen LogP) is 3.51. The Morgan fingerprint density at radius 3 is 2.26 bits per heavy atom. The fourth-order valence-electron chi connectivity index (χ4n) is 4.29. The fraction of sp³-hybridized carbons (Fsp3) is 0.632. The molecule has 1 saturated carbocycles. The maximum Gasteiger partial charge on any atom is 0.233 e. The van der Waals surface area contributed by atoms with Crippen LogP contribution in [0.1, 0.15) is 51.0 Å². The molecule has 23 heavy (non-hydrogen) atoms. The lowest BCUT2D eigenvalue weighted by Gasteiger charge is -2.39. The molecule has 1 aliphatic heterocycles. The summed E-state index contributed by atoms with van der Waals surface area (Å²) < 4.78 is 0. The Balaban J connectivity index is 0.00000192. The van der Waals surface area contributed by atoms with Crippen molar-refractivity contribution in [2.75, 3.05) is 13.1 Å². The van der Waals surface area contributed by atoms with Crippen LogP contribution in [0.15, 0.2) is 30.3 Å². The topological polar surface area (TPSA) is 46.3 Å². The van der Waals surface area contributed by atoms with Gasteiger partial charge < -0.3 is 10.6 Å². The largest absolute Gasteiger partial charge is 0.342 e. The summed E-state index contributed by atoms with van der Waals surface area (Å²) in [6.45, 7) is 3.84. The lowest BCUT2D eigenvalue weighted by Crippen LogP contribution is -2.50. The highest BCUT2D eigenvalue weighted by molar-refractivity contribution is 5.88. The van der Waals surface area contributed by atoms with Crippen molar-refractivity contribution in [3.63, 3.8) is 0 Å². The van der Waals surface area contributed by atoms with Gasteiger partial charge in [-0.15, -0.1) is 12.4 Å². The van der Waals surface area contributed by atoms with Gasteiger partial charge in [0.25, 0.3) is 0 Å². The van der Waals surface area contributed by atoms with E-state index in [9.17, 15) is 4.79 Å². The van der Waals surface area contributed by atoms with Gasteiger partial charge in [0.2, 0.25) is 5.91 Å². The van der Waals surface area contributed by atoms with E-state index in [4.69, 9.17) is 5.73 Å². The predicted molar refractivity (Wildman–Crippen MR) is 96.8 cm³/mol. The van der Waals surface area contributed by atoms with Gasteiger partial charge >= 0.3 is 0 Å². The number of nitrogens with two attached hydrogens (primary N) is 1. The maximum absolute atomic E-state index is 13.3. The minimum Gasteiger partial charge on any atom is -0.342 e. The Hall–Kier alpha value is -1.06. The number of hydrogen-bond acceptors (Lipinski definition) is 2. The number of hydrogen-bond donors (Lipinski definition) is 1. The molecule has 1 aliphatic carbocycles. The molecule has 2 fully saturated rings. The fourth-order valence-corrected chi connectivity index (χ4v) is 4.29. The Labute approximate surface area is 146 Å².